The third kappa shape index (κ3) is 2.02. The van der Waals surface area contributed by atoms with Gasteiger partial charge in [-0.05, 0) is 23.6 Å². The van der Waals surface area contributed by atoms with Crippen LogP contribution in [0.5, 0.6) is 0 Å². The summed E-state index contributed by atoms with van der Waals surface area (Å²) in [7, 11) is 3.52. The zero-order chi connectivity index (χ0) is 12.6. The third-order valence-corrected chi connectivity index (χ3v) is 2.83. The van der Waals surface area contributed by atoms with E-state index in [2.05, 4.69) is 23.8 Å². The predicted molar refractivity (Wildman–Crippen MR) is 68.2 cm³/mol. The highest BCUT2D eigenvalue weighted by atomic mass is 16.2. The van der Waals surface area contributed by atoms with Gasteiger partial charge >= 0.3 is 0 Å². The Hall–Kier alpha value is -1.84. The Kier molecular flexibility index (Phi) is 2.88. The maximum Gasteiger partial charge on any atom is 0.253 e. The average Bonchev–Trinajstić information content (AvgIpc) is 2.73. The number of carbonyl (C=O) groups excluding carboxylic acids is 1. The summed E-state index contributed by atoms with van der Waals surface area (Å²) in [5.74, 6) is 0.360. The topological polar surface area (TPSA) is 49.0 Å². The van der Waals surface area contributed by atoms with Gasteiger partial charge < -0.3 is 9.88 Å². The molecule has 0 atom stereocenters. The Morgan fingerprint density at radius 2 is 2.06 bits per heavy atom. The minimum absolute atomic E-state index is 0.0170. The van der Waals surface area contributed by atoms with E-state index < -0.39 is 0 Å². The van der Waals surface area contributed by atoms with Crippen molar-refractivity contribution in [3.05, 3.63) is 29.6 Å². The fraction of sp³-hybridized carbons (Fsp3) is 0.385. The van der Waals surface area contributed by atoms with Crippen molar-refractivity contribution in [1.82, 2.24) is 14.9 Å². The molecule has 1 aromatic heterocycles. The molecule has 1 amide bonds. The van der Waals surface area contributed by atoms with E-state index in [9.17, 15) is 4.79 Å². The van der Waals surface area contributed by atoms with Gasteiger partial charge in [0.15, 0.2) is 0 Å². The molecule has 1 N–H and O–H groups in total. The lowest BCUT2D eigenvalue weighted by Crippen LogP contribution is -2.21. The molecule has 0 fully saturated rings. The van der Waals surface area contributed by atoms with E-state index >= 15 is 0 Å². The number of imidazole rings is 1. The summed E-state index contributed by atoms with van der Waals surface area (Å²) in [6.45, 7) is 4.21. The Labute approximate surface area is 101 Å². The zero-order valence-electron chi connectivity index (χ0n) is 10.6. The number of H-pyrrole nitrogens is 1. The van der Waals surface area contributed by atoms with E-state index in [1.54, 1.807) is 25.3 Å². The summed E-state index contributed by atoms with van der Waals surface area (Å²) in [6, 6.07) is 3.80. The van der Waals surface area contributed by atoms with Crippen LogP contribution in [0.1, 0.15) is 35.7 Å². The molecule has 90 valence electrons. The number of aromatic amines is 1. The van der Waals surface area contributed by atoms with E-state index in [0.717, 1.165) is 16.6 Å². The third-order valence-electron chi connectivity index (χ3n) is 2.83. The molecule has 0 aliphatic heterocycles. The van der Waals surface area contributed by atoms with Crippen molar-refractivity contribution in [3.8, 4) is 0 Å². The first-order valence-electron chi connectivity index (χ1n) is 5.69. The molecule has 1 aromatic carbocycles. The first-order chi connectivity index (χ1) is 8.00. The smallest absolute Gasteiger partial charge is 0.253 e. The maximum atomic E-state index is 12.0. The van der Waals surface area contributed by atoms with Gasteiger partial charge in [-0.1, -0.05) is 13.8 Å². The molecule has 0 unspecified atom stereocenters. The van der Waals surface area contributed by atoms with Gasteiger partial charge in [0.1, 0.15) is 0 Å². The normalized spacial score (nSPS) is 11.1. The zero-order valence-corrected chi connectivity index (χ0v) is 10.6. The summed E-state index contributed by atoms with van der Waals surface area (Å²) in [4.78, 5) is 20.9. The molecule has 4 heteroatoms. The van der Waals surface area contributed by atoms with Crippen LogP contribution < -0.4 is 0 Å². The molecule has 2 aromatic rings. The SMILES string of the molecule is CC(C)c1cc(C(=O)N(C)C)cc2[nH]cnc12. The highest BCUT2D eigenvalue weighted by Crippen LogP contribution is 2.25. The van der Waals surface area contributed by atoms with Gasteiger partial charge in [-0.15, -0.1) is 0 Å². The molecule has 0 saturated heterocycles. The number of carbonyl (C=O) groups is 1. The molecular weight excluding hydrogens is 214 g/mol. The molecular formula is C13H17N3O. The first-order valence-corrected chi connectivity index (χ1v) is 5.69. The molecule has 1 heterocycles. The lowest BCUT2D eigenvalue weighted by molar-refractivity contribution is 0.0827. The average molecular weight is 231 g/mol. The maximum absolute atomic E-state index is 12.0. The lowest BCUT2D eigenvalue weighted by atomic mass is 9.98. The highest BCUT2D eigenvalue weighted by molar-refractivity contribution is 5.98. The number of aromatic nitrogens is 2. The van der Waals surface area contributed by atoms with Crippen molar-refractivity contribution in [2.24, 2.45) is 0 Å². The fourth-order valence-corrected chi connectivity index (χ4v) is 1.90. The summed E-state index contributed by atoms with van der Waals surface area (Å²) < 4.78 is 0. The van der Waals surface area contributed by atoms with Gasteiger partial charge in [0.2, 0.25) is 0 Å². The van der Waals surface area contributed by atoms with Gasteiger partial charge in [-0.25, -0.2) is 4.98 Å². The van der Waals surface area contributed by atoms with Crippen molar-refractivity contribution >= 4 is 16.9 Å². The monoisotopic (exact) mass is 231 g/mol. The number of hydrogen-bond donors (Lipinski definition) is 1. The summed E-state index contributed by atoms with van der Waals surface area (Å²) in [5.41, 5.74) is 3.68. The summed E-state index contributed by atoms with van der Waals surface area (Å²) in [5, 5.41) is 0. The number of hydrogen-bond acceptors (Lipinski definition) is 2. The number of amides is 1. The van der Waals surface area contributed by atoms with E-state index in [-0.39, 0.29) is 5.91 Å². The molecule has 0 saturated carbocycles. The molecule has 0 aliphatic carbocycles. The first kappa shape index (κ1) is 11.6. The molecule has 17 heavy (non-hydrogen) atoms. The van der Waals surface area contributed by atoms with Gasteiger partial charge in [0.05, 0.1) is 17.4 Å². The van der Waals surface area contributed by atoms with Crippen LogP contribution in [0.25, 0.3) is 11.0 Å². The van der Waals surface area contributed by atoms with E-state index in [1.807, 2.05) is 12.1 Å². The van der Waals surface area contributed by atoms with E-state index in [1.165, 1.54) is 0 Å². The Morgan fingerprint density at radius 3 is 2.65 bits per heavy atom. The second-order valence-electron chi connectivity index (χ2n) is 4.72. The van der Waals surface area contributed by atoms with Crippen LogP contribution in [0.3, 0.4) is 0 Å². The van der Waals surface area contributed by atoms with Crippen LogP contribution in [0, 0.1) is 0 Å². The quantitative estimate of drug-likeness (QED) is 0.862. The fourth-order valence-electron chi connectivity index (χ4n) is 1.90. The number of nitrogens with zero attached hydrogens (tertiary/aromatic N) is 2. The van der Waals surface area contributed by atoms with Gasteiger partial charge in [-0.3, -0.25) is 4.79 Å². The number of benzene rings is 1. The van der Waals surface area contributed by atoms with Crippen LogP contribution in [-0.4, -0.2) is 34.9 Å². The van der Waals surface area contributed by atoms with Crippen molar-refractivity contribution in [2.45, 2.75) is 19.8 Å². The van der Waals surface area contributed by atoms with Crippen molar-refractivity contribution in [1.29, 1.82) is 0 Å². The lowest BCUT2D eigenvalue weighted by Gasteiger charge is -2.13. The number of fused-ring (bicyclic) bond motifs is 1. The summed E-state index contributed by atoms with van der Waals surface area (Å²) in [6.07, 6.45) is 1.67. The number of rotatable bonds is 2. The molecule has 2 rings (SSSR count). The van der Waals surface area contributed by atoms with Crippen LogP contribution in [-0.2, 0) is 0 Å². The van der Waals surface area contributed by atoms with Crippen LogP contribution in [0.2, 0.25) is 0 Å². The van der Waals surface area contributed by atoms with E-state index in [0.29, 0.717) is 11.5 Å². The molecule has 0 spiro atoms. The Morgan fingerprint density at radius 1 is 1.35 bits per heavy atom. The minimum atomic E-state index is 0.0170. The largest absolute Gasteiger partial charge is 0.345 e. The predicted octanol–water partition coefficient (Wildman–Crippen LogP) is 2.39. The highest BCUT2D eigenvalue weighted by Gasteiger charge is 2.14. The molecule has 0 radical (unpaired) electrons. The second-order valence-corrected chi connectivity index (χ2v) is 4.72. The molecule has 0 bridgehead atoms. The van der Waals surface area contributed by atoms with Crippen LogP contribution in [0.15, 0.2) is 18.5 Å². The van der Waals surface area contributed by atoms with Crippen molar-refractivity contribution < 1.29 is 4.79 Å². The van der Waals surface area contributed by atoms with Crippen molar-refractivity contribution in [3.63, 3.8) is 0 Å². The van der Waals surface area contributed by atoms with Gasteiger partial charge in [0, 0.05) is 19.7 Å². The van der Waals surface area contributed by atoms with Crippen molar-refractivity contribution in [2.75, 3.05) is 14.1 Å². The van der Waals surface area contributed by atoms with E-state index in [4.69, 9.17) is 0 Å². The minimum Gasteiger partial charge on any atom is -0.345 e. The van der Waals surface area contributed by atoms with Crippen LogP contribution >= 0.6 is 0 Å². The Bertz CT molecular complexity index is 555. The molecule has 4 nitrogen and oxygen atoms in total. The van der Waals surface area contributed by atoms with Gasteiger partial charge in [0.25, 0.3) is 5.91 Å². The second kappa shape index (κ2) is 4.20. The van der Waals surface area contributed by atoms with Crippen LogP contribution in [0.4, 0.5) is 0 Å². The van der Waals surface area contributed by atoms with Gasteiger partial charge in [-0.2, -0.15) is 0 Å². The number of nitrogens with one attached hydrogen (secondary N) is 1. The summed E-state index contributed by atoms with van der Waals surface area (Å²) >= 11 is 0. The Balaban J connectivity index is 2.63. The standard InChI is InChI=1S/C13H17N3O/c1-8(2)10-5-9(13(17)16(3)4)6-11-12(10)15-7-14-11/h5-8H,1-4H3,(H,14,15). The molecule has 0 aliphatic rings.